The molecule has 1 saturated heterocycles. The minimum absolute atomic E-state index is 0.103. The van der Waals surface area contributed by atoms with Crippen LogP contribution in [0, 0.1) is 0 Å². The molecule has 1 aliphatic heterocycles. The van der Waals surface area contributed by atoms with E-state index in [9.17, 15) is 0 Å². The average molecular weight is 370 g/mol. The van der Waals surface area contributed by atoms with Crippen molar-refractivity contribution in [3.05, 3.63) is 53.6 Å². The van der Waals surface area contributed by atoms with Crippen molar-refractivity contribution in [3.63, 3.8) is 0 Å². The van der Waals surface area contributed by atoms with Gasteiger partial charge in [-0.05, 0) is 43.7 Å². The molecule has 146 valence electrons. The number of para-hydroxylation sites is 1. The molecule has 1 N–H and O–H groups in total. The van der Waals surface area contributed by atoms with E-state index in [-0.39, 0.29) is 6.04 Å². The first-order valence-electron chi connectivity index (χ1n) is 9.67. The molecule has 5 heteroatoms. The maximum absolute atomic E-state index is 5.84. The Bertz CT molecular complexity index is 727. The van der Waals surface area contributed by atoms with E-state index in [4.69, 9.17) is 14.2 Å². The van der Waals surface area contributed by atoms with Gasteiger partial charge in [0.15, 0.2) is 11.5 Å². The van der Waals surface area contributed by atoms with Crippen molar-refractivity contribution in [3.8, 4) is 17.2 Å². The molecular weight excluding hydrogens is 340 g/mol. The summed E-state index contributed by atoms with van der Waals surface area (Å²) in [6, 6.07) is 14.6. The fourth-order valence-corrected chi connectivity index (χ4v) is 3.74. The highest BCUT2D eigenvalue weighted by molar-refractivity contribution is 5.48. The first kappa shape index (κ1) is 19.5. The Morgan fingerprint density at radius 2 is 1.78 bits per heavy atom. The topological polar surface area (TPSA) is 43.0 Å². The number of rotatable bonds is 7. The molecule has 1 heterocycles. The van der Waals surface area contributed by atoms with Crippen molar-refractivity contribution >= 4 is 0 Å². The fraction of sp³-hybridized carbons (Fsp3) is 0.455. The maximum Gasteiger partial charge on any atom is 0.161 e. The molecule has 1 fully saturated rings. The summed E-state index contributed by atoms with van der Waals surface area (Å²) in [5.74, 6) is 2.45. The van der Waals surface area contributed by atoms with Crippen molar-refractivity contribution < 1.29 is 14.2 Å². The molecule has 2 aromatic carbocycles. The minimum atomic E-state index is 0.103. The third-order valence-electron chi connectivity index (χ3n) is 4.98. The summed E-state index contributed by atoms with van der Waals surface area (Å²) in [5, 5.41) is 3.50. The number of nitrogens with zero attached hydrogens (tertiary/aromatic N) is 1. The second-order valence-corrected chi connectivity index (χ2v) is 6.63. The Balaban J connectivity index is 2.07. The third-order valence-corrected chi connectivity index (χ3v) is 4.98. The summed E-state index contributed by atoms with van der Waals surface area (Å²) in [7, 11) is 3.41. The van der Waals surface area contributed by atoms with Crippen LogP contribution in [-0.4, -0.2) is 51.9 Å². The molecule has 5 nitrogen and oxygen atoms in total. The lowest BCUT2D eigenvalue weighted by atomic mass is 9.95. The molecule has 0 radical (unpaired) electrons. The van der Waals surface area contributed by atoms with Gasteiger partial charge in [-0.15, -0.1) is 0 Å². The second kappa shape index (κ2) is 9.62. The van der Waals surface area contributed by atoms with E-state index in [1.807, 2.05) is 25.1 Å². The monoisotopic (exact) mass is 370 g/mol. The fourth-order valence-electron chi connectivity index (χ4n) is 3.74. The highest BCUT2D eigenvalue weighted by Crippen LogP contribution is 2.38. The van der Waals surface area contributed by atoms with Gasteiger partial charge in [-0.25, -0.2) is 0 Å². The van der Waals surface area contributed by atoms with Crippen LogP contribution >= 0.6 is 0 Å². The summed E-state index contributed by atoms with van der Waals surface area (Å²) in [4.78, 5) is 2.52. The predicted molar refractivity (Wildman–Crippen MR) is 108 cm³/mol. The summed E-state index contributed by atoms with van der Waals surface area (Å²) in [6.07, 6.45) is 1.13. The van der Waals surface area contributed by atoms with E-state index in [1.165, 1.54) is 11.1 Å². The predicted octanol–water partition coefficient (Wildman–Crippen LogP) is 3.49. The zero-order chi connectivity index (χ0) is 19.1. The van der Waals surface area contributed by atoms with Crippen LogP contribution in [0.4, 0.5) is 0 Å². The molecular formula is C22H30N2O3. The molecule has 1 aliphatic rings. The Hall–Kier alpha value is -2.24. The van der Waals surface area contributed by atoms with Gasteiger partial charge in [0.1, 0.15) is 5.75 Å². The van der Waals surface area contributed by atoms with E-state index in [0.29, 0.717) is 6.61 Å². The van der Waals surface area contributed by atoms with Gasteiger partial charge < -0.3 is 19.5 Å². The van der Waals surface area contributed by atoms with Crippen LogP contribution < -0.4 is 19.5 Å². The molecule has 2 aromatic rings. The smallest absolute Gasteiger partial charge is 0.161 e. The molecule has 0 aromatic heterocycles. The van der Waals surface area contributed by atoms with E-state index >= 15 is 0 Å². The Kier molecular flexibility index (Phi) is 6.96. The van der Waals surface area contributed by atoms with Gasteiger partial charge in [0.05, 0.1) is 26.9 Å². The van der Waals surface area contributed by atoms with E-state index in [0.717, 1.165) is 49.8 Å². The molecule has 0 spiro atoms. The van der Waals surface area contributed by atoms with E-state index < -0.39 is 0 Å². The second-order valence-electron chi connectivity index (χ2n) is 6.63. The number of nitrogens with one attached hydrogen (secondary N) is 1. The van der Waals surface area contributed by atoms with Gasteiger partial charge in [0.25, 0.3) is 0 Å². The number of ether oxygens (including phenoxy) is 3. The van der Waals surface area contributed by atoms with Crippen LogP contribution in [-0.2, 0) is 0 Å². The first-order valence-corrected chi connectivity index (χ1v) is 9.67. The van der Waals surface area contributed by atoms with Crippen LogP contribution in [0.5, 0.6) is 17.2 Å². The van der Waals surface area contributed by atoms with Crippen molar-refractivity contribution in [1.29, 1.82) is 0 Å². The molecule has 27 heavy (non-hydrogen) atoms. The number of hydrogen-bond acceptors (Lipinski definition) is 5. The molecule has 1 unspecified atom stereocenters. The molecule has 0 bridgehead atoms. The van der Waals surface area contributed by atoms with Crippen LogP contribution in [0.2, 0.25) is 0 Å². The lowest BCUT2D eigenvalue weighted by Gasteiger charge is -2.32. The lowest BCUT2D eigenvalue weighted by Crippen LogP contribution is -2.33. The minimum Gasteiger partial charge on any atom is -0.496 e. The highest BCUT2D eigenvalue weighted by Gasteiger charge is 2.26. The third kappa shape index (κ3) is 4.54. The van der Waals surface area contributed by atoms with Gasteiger partial charge >= 0.3 is 0 Å². The largest absolute Gasteiger partial charge is 0.496 e. The first-order chi connectivity index (χ1) is 13.3. The molecule has 0 aliphatic carbocycles. The normalized spacial score (nSPS) is 16.4. The Morgan fingerprint density at radius 3 is 2.56 bits per heavy atom. The zero-order valence-electron chi connectivity index (χ0n) is 16.5. The maximum atomic E-state index is 5.84. The summed E-state index contributed by atoms with van der Waals surface area (Å²) in [6.45, 7) is 6.66. The van der Waals surface area contributed by atoms with Crippen LogP contribution in [0.3, 0.4) is 0 Å². The highest BCUT2D eigenvalue weighted by atomic mass is 16.5. The number of benzene rings is 2. The van der Waals surface area contributed by atoms with E-state index in [2.05, 4.69) is 34.5 Å². The Morgan fingerprint density at radius 1 is 0.963 bits per heavy atom. The molecule has 1 atom stereocenters. The zero-order valence-corrected chi connectivity index (χ0v) is 16.5. The summed E-state index contributed by atoms with van der Waals surface area (Å²) >= 11 is 0. The van der Waals surface area contributed by atoms with Crippen molar-refractivity contribution in [2.75, 3.05) is 47.0 Å². The van der Waals surface area contributed by atoms with Gasteiger partial charge in [-0.1, -0.05) is 24.3 Å². The quantitative estimate of drug-likeness (QED) is 0.808. The SMILES string of the molecule is CCOc1cc(C(c2ccccc2OC)N2CCCNCC2)ccc1OC. The Labute approximate surface area is 162 Å². The molecule has 0 saturated carbocycles. The molecule has 3 rings (SSSR count). The van der Waals surface area contributed by atoms with Gasteiger partial charge in [0, 0.05) is 25.2 Å². The van der Waals surface area contributed by atoms with Gasteiger partial charge in [0.2, 0.25) is 0 Å². The summed E-state index contributed by atoms with van der Waals surface area (Å²) < 4.78 is 17.0. The van der Waals surface area contributed by atoms with Gasteiger partial charge in [-0.2, -0.15) is 0 Å². The number of methoxy groups -OCH3 is 2. The van der Waals surface area contributed by atoms with Crippen molar-refractivity contribution in [1.82, 2.24) is 10.2 Å². The average Bonchev–Trinajstić information content (AvgIpc) is 2.98. The van der Waals surface area contributed by atoms with Gasteiger partial charge in [-0.3, -0.25) is 4.90 Å². The number of hydrogen-bond donors (Lipinski definition) is 1. The summed E-state index contributed by atoms with van der Waals surface area (Å²) in [5.41, 5.74) is 2.36. The lowest BCUT2D eigenvalue weighted by molar-refractivity contribution is 0.235. The van der Waals surface area contributed by atoms with Crippen LogP contribution in [0.25, 0.3) is 0 Å². The standard InChI is InChI=1S/C22H30N2O3/c1-4-27-21-16-17(10-11-20(21)26-3)22(24-14-7-12-23-13-15-24)18-8-5-6-9-19(18)25-2/h5-6,8-11,16,22-23H,4,7,12-15H2,1-3H3. The van der Waals surface area contributed by atoms with Crippen LogP contribution in [0.1, 0.15) is 30.5 Å². The van der Waals surface area contributed by atoms with E-state index in [1.54, 1.807) is 14.2 Å². The van der Waals surface area contributed by atoms with Crippen LogP contribution in [0.15, 0.2) is 42.5 Å². The van der Waals surface area contributed by atoms with Crippen molar-refractivity contribution in [2.24, 2.45) is 0 Å². The molecule has 0 amide bonds. The van der Waals surface area contributed by atoms with Crippen molar-refractivity contribution in [2.45, 2.75) is 19.4 Å².